The van der Waals surface area contributed by atoms with E-state index >= 15 is 0 Å². The Labute approximate surface area is 117 Å². The average molecular weight is 276 g/mol. The van der Waals surface area contributed by atoms with Gasteiger partial charge in [0.2, 0.25) is 0 Å². The summed E-state index contributed by atoms with van der Waals surface area (Å²) in [4.78, 5) is 0. The van der Waals surface area contributed by atoms with Crippen LogP contribution < -0.4 is 0 Å². The maximum atomic E-state index is 13.5. The first-order chi connectivity index (χ1) is 9.54. The minimum absolute atomic E-state index is 0.206. The van der Waals surface area contributed by atoms with Crippen LogP contribution in [-0.4, -0.2) is 11.2 Å². The first kappa shape index (κ1) is 14.7. The summed E-state index contributed by atoms with van der Waals surface area (Å²) in [6.45, 7) is 2.02. The molecule has 1 atom stereocenters. The lowest BCUT2D eigenvalue weighted by atomic mass is 10.00. The zero-order valence-electron chi connectivity index (χ0n) is 11.4. The zero-order chi connectivity index (χ0) is 14.5. The van der Waals surface area contributed by atoms with Crippen molar-refractivity contribution in [1.29, 1.82) is 0 Å². The molecule has 0 aliphatic rings. The summed E-state index contributed by atoms with van der Waals surface area (Å²) < 4.78 is 26.3. The van der Waals surface area contributed by atoms with Gasteiger partial charge in [0.15, 0.2) is 0 Å². The van der Waals surface area contributed by atoms with Gasteiger partial charge in [0, 0.05) is 12.5 Å². The summed E-state index contributed by atoms with van der Waals surface area (Å²) in [5.74, 6) is -1.19. The molecule has 0 aliphatic carbocycles. The van der Waals surface area contributed by atoms with Gasteiger partial charge in [-0.25, -0.2) is 8.78 Å². The van der Waals surface area contributed by atoms with E-state index in [4.69, 9.17) is 0 Å². The molecule has 1 unspecified atom stereocenters. The summed E-state index contributed by atoms with van der Waals surface area (Å²) in [5, 5.41) is 9.97. The maximum Gasteiger partial charge on any atom is 0.129 e. The van der Waals surface area contributed by atoms with Gasteiger partial charge in [-0.1, -0.05) is 35.9 Å². The van der Waals surface area contributed by atoms with Crippen molar-refractivity contribution in [1.82, 2.24) is 0 Å². The average Bonchev–Trinajstić information content (AvgIpc) is 2.40. The second-order valence-electron chi connectivity index (χ2n) is 5.12. The molecule has 1 nitrogen and oxygen atoms in total. The van der Waals surface area contributed by atoms with Gasteiger partial charge in [0.1, 0.15) is 11.6 Å². The van der Waals surface area contributed by atoms with Crippen LogP contribution in [0.2, 0.25) is 0 Å². The highest BCUT2D eigenvalue weighted by molar-refractivity contribution is 5.23. The first-order valence-corrected chi connectivity index (χ1v) is 6.72. The molecule has 2 aromatic rings. The van der Waals surface area contributed by atoms with E-state index in [1.54, 1.807) is 0 Å². The standard InChI is InChI=1S/C17H18F2O/c1-12-3-2-4-13(9-12)5-8-16(20)10-14-6-7-15(18)11-17(14)19/h2-4,6-7,9,11,16,20H,5,8,10H2,1H3. The van der Waals surface area contributed by atoms with Crippen LogP contribution >= 0.6 is 0 Å². The van der Waals surface area contributed by atoms with Gasteiger partial charge in [-0.15, -0.1) is 0 Å². The molecular weight excluding hydrogens is 258 g/mol. The SMILES string of the molecule is Cc1cccc(CCC(O)Cc2ccc(F)cc2F)c1. The van der Waals surface area contributed by atoms with Crippen molar-refractivity contribution in [2.45, 2.75) is 32.3 Å². The summed E-state index contributed by atoms with van der Waals surface area (Å²) >= 11 is 0. The predicted octanol–water partition coefficient (Wildman–Crippen LogP) is 3.81. The van der Waals surface area contributed by atoms with Crippen molar-refractivity contribution in [3.8, 4) is 0 Å². The Morgan fingerprint density at radius 3 is 2.60 bits per heavy atom. The number of hydrogen-bond donors (Lipinski definition) is 1. The number of aryl methyl sites for hydroxylation is 2. The van der Waals surface area contributed by atoms with Crippen LogP contribution in [0.1, 0.15) is 23.1 Å². The Morgan fingerprint density at radius 2 is 1.90 bits per heavy atom. The van der Waals surface area contributed by atoms with E-state index < -0.39 is 17.7 Å². The molecule has 0 radical (unpaired) electrons. The molecule has 0 aromatic heterocycles. The van der Waals surface area contributed by atoms with Crippen LogP contribution in [0.25, 0.3) is 0 Å². The highest BCUT2D eigenvalue weighted by atomic mass is 19.1. The predicted molar refractivity (Wildman–Crippen MR) is 75.6 cm³/mol. The Balaban J connectivity index is 1.90. The van der Waals surface area contributed by atoms with E-state index in [0.717, 1.165) is 18.1 Å². The van der Waals surface area contributed by atoms with Gasteiger partial charge in [0.25, 0.3) is 0 Å². The Bertz CT molecular complexity index is 581. The molecule has 3 heteroatoms. The number of benzene rings is 2. The highest BCUT2D eigenvalue weighted by Gasteiger charge is 2.10. The van der Waals surface area contributed by atoms with Gasteiger partial charge >= 0.3 is 0 Å². The van der Waals surface area contributed by atoms with Crippen LogP contribution in [0.4, 0.5) is 8.78 Å². The van der Waals surface area contributed by atoms with Crippen molar-refractivity contribution in [3.63, 3.8) is 0 Å². The Kier molecular flexibility index (Phi) is 4.85. The molecule has 0 spiro atoms. The van der Waals surface area contributed by atoms with E-state index in [2.05, 4.69) is 6.07 Å². The molecule has 106 valence electrons. The molecule has 0 aliphatic heterocycles. The van der Waals surface area contributed by atoms with Crippen LogP contribution in [0.5, 0.6) is 0 Å². The second-order valence-corrected chi connectivity index (χ2v) is 5.12. The fraction of sp³-hybridized carbons (Fsp3) is 0.294. The summed E-state index contributed by atoms with van der Waals surface area (Å²) in [5.41, 5.74) is 2.69. The van der Waals surface area contributed by atoms with E-state index in [1.807, 2.05) is 25.1 Å². The lowest BCUT2D eigenvalue weighted by Crippen LogP contribution is -2.13. The van der Waals surface area contributed by atoms with Gasteiger partial charge in [-0.3, -0.25) is 0 Å². The van der Waals surface area contributed by atoms with Crippen molar-refractivity contribution < 1.29 is 13.9 Å². The van der Waals surface area contributed by atoms with Crippen molar-refractivity contribution in [2.24, 2.45) is 0 Å². The fourth-order valence-corrected chi connectivity index (χ4v) is 2.24. The van der Waals surface area contributed by atoms with Crippen LogP contribution in [-0.2, 0) is 12.8 Å². The number of rotatable bonds is 5. The maximum absolute atomic E-state index is 13.5. The molecule has 0 fully saturated rings. The summed E-state index contributed by atoms with van der Waals surface area (Å²) in [6.07, 6.45) is 0.875. The lowest BCUT2D eigenvalue weighted by Gasteiger charge is -2.11. The molecular formula is C17H18F2O. The molecule has 0 saturated heterocycles. The fourth-order valence-electron chi connectivity index (χ4n) is 2.24. The third-order valence-corrected chi connectivity index (χ3v) is 3.32. The third-order valence-electron chi connectivity index (χ3n) is 3.32. The first-order valence-electron chi connectivity index (χ1n) is 6.72. The number of halogens is 2. The Morgan fingerprint density at radius 1 is 1.10 bits per heavy atom. The topological polar surface area (TPSA) is 20.2 Å². The molecule has 2 aromatic carbocycles. The third kappa shape index (κ3) is 4.14. The van der Waals surface area contributed by atoms with Crippen molar-refractivity contribution >= 4 is 0 Å². The molecule has 1 N–H and O–H groups in total. The zero-order valence-corrected chi connectivity index (χ0v) is 11.4. The van der Waals surface area contributed by atoms with Crippen molar-refractivity contribution in [3.05, 3.63) is 70.8 Å². The molecule has 0 amide bonds. The van der Waals surface area contributed by atoms with Gasteiger partial charge in [-0.2, -0.15) is 0 Å². The molecule has 0 saturated carbocycles. The quantitative estimate of drug-likeness (QED) is 0.880. The molecule has 0 heterocycles. The smallest absolute Gasteiger partial charge is 0.129 e. The minimum atomic E-state index is -0.629. The second kappa shape index (κ2) is 6.62. The highest BCUT2D eigenvalue weighted by Crippen LogP contribution is 2.15. The number of hydrogen-bond acceptors (Lipinski definition) is 1. The Hall–Kier alpha value is -1.74. The summed E-state index contributed by atoms with van der Waals surface area (Å²) in [7, 11) is 0. The van der Waals surface area contributed by atoms with E-state index in [9.17, 15) is 13.9 Å². The van der Waals surface area contributed by atoms with Crippen LogP contribution in [0, 0.1) is 18.6 Å². The summed E-state index contributed by atoms with van der Waals surface area (Å²) in [6, 6.07) is 11.5. The van der Waals surface area contributed by atoms with E-state index in [-0.39, 0.29) is 6.42 Å². The van der Waals surface area contributed by atoms with Gasteiger partial charge in [-0.05, 0) is 37.0 Å². The van der Waals surface area contributed by atoms with Crippen LogP contribution in [0.3, 0.4) is 0 Å². The van der Waals surface area contributed by atoms with E-state index in [0.29, 0.717) is 12.0 Å². The lowest BCUT2D eigenvalue weighted by molar-refractivity contribution is 0.164. The van der Waals surface area contributed by atoms with Crippen LogP contribution in [0.15, 0.2) is 42.5 Å². The molecule has 0 bridgehead atoms. The molecule has 2 rings (SSSR count). The largest absolute Gasteiger partial charge is 0.393 e. The van der Waals surface area contributed by atoms with E-state index in [1.165, 1.54) is 17.7 Å². The van der Waals surface area contributed by atoms with Gasteiger partial charge < -0.3 is 5.11 Å². The minimum Gasteiger partial charge on any atom is -0.393 e. The van der Waals surface area contributed by atoms with Gasteiger partial charge in [0.05, 0.1) is 6.10 Å². The monoisotopic (exact) mass is 276 g/mol. The number of aliphatic hydroxyl groups is 1. The normalized spacial score (nSPS) is 12.4. The van der Waals surface area contributed by atoms with Crippen molar-refractivity contribution in [2.75, 3.05) is 0 Å². The molecule has 20 heavy (non-hydrogen) atoms. The number of aliphatic hydroxyl groups excluding tert-OH is 1.